The molecule has 0 aromatic heterocycles. The number of sulfonamides is 1. The molecule has 0 bridgehead atoms. The normalized spacial score (nSPS) is 11.5. The summed E-state index contributed by atoms with van der Waals surface area (Å²) >= 11 is 0. The first-order valence-corrected chi connectivity index (χ1v) is 12.7. The van der Waals surface area contributed by atoms with Crippen LogP contribution >= 0.6 is 0 Å². The van der Waals surface area contributed by atoms with Crippen molar-refractivity contribution < 1.29 is 32.5 Å². The number of amides is 1. The molecule has 3 aromatic carbocycles. The van der Waals surface area contributed by atoms with Crippen molar-refractivity contribution in [1.82, 2.24) is 5.43 Å². The molecule has 0 heterocycles. The number of hydrogen-bond donors (Lipinski definition) is 2. The summed E-state index contributed by atoms with van der Waals surface area (Å²) in [5.74, 6) is 0.461. The third kappa shape index (κ3) is 6.50. The molecular weight excluding hydrogens is 498 g/mol. The number of para-hydroxylation sites is 1. The van der Waals surface area contributed by atoms with Gasteiger partial charge in [0.2, 0.25) is 0 Å². The number of anilines is 1. The molecule has 0 spiro atoms. The molecule has 196 valence electrons. The Labute approximate surface area is 216 Å². The van der Waals surface area contributed by atoms with Crippen LogP contribution in [-0.2, 0) is 14.8 Å². The molecule has 0 aliphatic rings. The van der Waals surface area contributed by atoms with Gasteiger partial charge in [0.25, 0.3) is 15.9 Å². The molecular formula is C26H29N3O7S. The van der Waals surface area contributed by atoms with Crippen molar-refractivity contribution in [3.63, 3.8) is 0 Å². The summed E-state index contributed by atoms with van der Waals surface area (Å²) in [6.07, 6.45) is 0. The van der Waals surface area contributed by atoms with Gasteiger partial charge in [0.1, 0.15) is 18.0 Å². The van der Waals surface area contributed by atoms with Crippen molar-refractivity contribution in [3.05, 3.63) is 72.3 Å². The fraction of sp³-hybridized carbons (Fsp3) is 0.231. The molecule has 0 unspecified atom stereocenters. The summed E-state index contributed by atoms with van der Waals surface area (Å²) < 4.78 is 44.3. The largest absolute Gasteiger partial charge is 0.507 e. The first-order valence-electron chi connectivity index (χ1n) is 11.3. The van der Waals surface area contributed by atoms with Gasteiger partial charge >= 0.3 is 0 Å². The van der Waals surface area contributed by atoms with E-state index in [1.165, 1.54) is 38.5 Å². The molecule has 0 atom stereocenters. The molecule has 0 radical (unpaired) electrons. The minimum Gasteiger partial charge on any atom is -0.507 e. The minimum absolute atomic E-state index is 0.00467. The van der Waals surface area contributed by atoms with Crippen LogP contribution in [0.3, 0.4) is 0 Å². The summed E-state index contributed by atoms with van der Waals surface area (Å²) in [6, 6.07) is 17.0. The molecule has 11 heteroatoms. The zero-order chi connectivity index (χ0) is 27.0. The Balaban J connectivity index is 1.95. The van der Waals surface area contributed by atoms with Crippen molar-refractivity contribution in [2.24, 2.45) is 5.10 Å². The van der Waals surface area contributed by atoms with Gasteiger partial charge in [-0.05, 0) is 62.4 Å². The van der Waals surface area contributed by atoms with Gasteiger partial charge < -0.3 is 19.3 Å². The van der Waals surface area contributed by atoms with Crippen LogP contribution in [0.1, 0.15) is 19.4 Å². The smallest absolute Gasteiger partial charge is 0.264 e. The number of hydrazone groups is 1. The number of nitrogens with zero attached hydrogens (tertiary/aromatic N) is 2. The summed E-state index contributed by atoms with van der Waals surface area (Å²) in [4.78, 5) is 12.8. The number of carbonyl (C=O) groups excluding carboxylic acids is 1. The molecule has 3 aromatic rings. The maximum Gasteiger partial charge on any atom is 0.264 e. The van der Waals surface area contributed by atoms with Crippen LogP contribution in [0.4, 0.5) is 5.69 Å². The lowest BCUT2D eigenvalue weighted by Gasteiger charge is -2.24. The minimum atomic E-state index is -4.22. The van der Waals surface area contributed by atoms with Gasteiger partial charge in [0.05, 0.1) is 37.1 Å². The lowest BCUT2D eigenvalue weighted by molar-refractivity contribution is -0.119. The molecule has 0 saturated heterocycles. The van der Waals surface area contributed by atoms with E-state index in [-0.39, 0.29) is 22.1 Å². The Hall–Kier alpha value is -4.25. The second kappa shape index (κ2) is 12.1. The first kappa shape index (κ1) is 27.3. The zero-order valence-corrected chi connectivity index (χ0v) is 21.8. The number of phenolic OH excluding ortho intramolecular Hbond substituents is 1. The highest BCUT2D eigenvalue weighted by Gasteiger charge is 2.28. The van der Waals surface area contributed by atoms with E-state index in [0.717, 1.165) is 4.31 Å². The highest BCUT2D eigenvalue weighted by atomic mass is 32.2. The predicted molar refractivity (Wildman–Crippen MR) is 140 cm³/mol. The average molecular weight is 528 g/mol. The molecule has 0 aliphatic heterocycles. The number of carbonyl (C=O) groups is 1. The Bertz CT molecular complexity index is 1370. The number of methoxy groups -OCH3 is 2. The fourth-order valence-electron chi connectivity index (χ4n) is 3.45. The maximum absolute atomic E-state index is 13.7. The first-order chi connectivity index (χ1) is 17.7. The van der Waals surface area contributed by atoms with Gasteiger partial charge in [0, 0.05) is 11.6 Å². The standard InChI is InChI=1S/C26H29N3O7S/c1-5-36-20-12-10-19(11-13-20)29(37(32,33)21-14-15-24(34-3)25(16-21)35-4)17-26(31)28-27-18(2)22-8-6-7-9-23(22)30/h6-16,30H,5,17H2,1-4H3,(H,28,31)/b27-18-. The van der Waals surface area contributed by atoms with Gasteiger partial charge in [-0.2, -0.15) is 5.10 Å². The molecule has 0 fully saturated rings. The Morgan fingerprint density at radius 2 is 1.68 bits per heavy atom. The SMILES string of the molecule is CCOc1ccc(N(CC(=O)N/N=C(/C)c2ccccc2O)S(=O)(=O)c2ccc(OC)c(OC)c2)cc1. The molecule has 0 aliphatic carbocycles. The fourth-order valence-corrected chi connectivity index (χ4v) is 4.88. The van der Waals surface area contributed by atoms with Crippen molar-refractivity contribution in [2.45, 2.75) is 18.7 Å². The van der Waals surface area contributed by atoms with E-state index in [4.69, 9.17) is 14.2 Å². The molecule has 37 heavy (non-hydrogen) atoms. The van der Waals surface area contributed by atoms with Crippen molar-refractivity contribution in [1.29, 1.82) is 0 Å². The van der Waals surface area contributed by atoms with Crippen LogP contribution in [0, 0.1) is 0 Å². The summed E-state index contributed by atoms with van der Waals surface area (Å²) in [7, 11) is -1.38. The van der Waals surface area contributed by atoms with E-state index >= 15 is 0 Å². The highest BCUT2D eigenvalue weighted by molar-refractivity contribution is 7.92. The number of nitrogens with one attached hydrogen (secondary N) is 1. The van der Waals surface area contributed by atoms with Crippen LogP contribution in [0.5, 0.6) is 23.0 Å². The third-order valence-corrected chi connectivity index (χ3v) is 7.08. The zero-order valence-electron chi connectivity index (χ0n) is 21.0. The number of rotatable bonds is 11. The number of hydrogen-bond acceptors (Lipinski definition) is 8. The number of aromatic hydroxyl groups is 1. The van der Waals surface area contributed by atoms with Crippen LogP contribution in [0.25, 0.3) is 0 Å². The molecule has 2 N–H and O–H groups in total. The Kier molecular flexibility index (Phi) is 8.96. The van der Waals surface area contributed by atoms with E-state index in [1.54, 1.807) is 49.4 Å². The van der Waals surface area contributed by atoms with Gasteiger partial charge in [-0.1, -0.05) is 12.1 Å². The Morgan fingerprint density at radius 3 is 2.30 bits per heavy atom. The number of ether oxygens (including phenoxy) is 3. The molecule has 1 amide bonds. The predicted octanol–water partition coefficient (Wildman–Crippen LogP) is 3.54. The molecule has 3 rings (SSSR count). The van der Waals surface area contributed by atoms with Crippen LogP contribution < -0.4 is 23.9 Å². The third-order valence-electron chi connectivity index (χ3n) is 5.31. The molecule has 0 saturated carbocycles. The van der Waals surface area contributed by atoms with E-state index in [2.05, 4.69) is 10.5 Å². The van der Waals surface area contributed by atoms with Crippen LogP contribution in [-0.4, -0.2) is 52.5 Å². The van der Waals surface area contributed by atoms with Crippen molar-refractivity contribution in [2.75, 3.05) is 31.7 Å². The lowest BCUT2D eigenvalue weighted by Crippen LogP contribution is -2.39. The number of benzene rings is 3. The average Bonchev–Trinajstić information content (AvgIpc) is 2.90. The summed E-state index contributed by atoms with van der Waals surface area (Å²) in [5, 5.41) is 14.0. The van der Waals surface area contributed by atoms with E-state index in [1.807, 2.05) is 6.92 Å². The van der Waals surface area contributed by atoms with Crippen molar-refractivity contribution >= 4 is 27.3 Å². The second-order valence-corrected chi connectivity index (χ2v) is 9.57. The Morgan fingerprint density at radius 1 is 1.00 bits per heavy atom. The summed E-state index contributed by atoms with van der Waals surface area (Å²) in [5.41, 5.74) is 3.40. The van der Waals surface area contributed by atoms with Gasteiger partial charge in [0.15, 0.2) is 11.5 Å². The number of phenols is 1. The maximum atomic E-state index is 13.7. The van der Waals surface area contributed by atoms with E-state index in [9.17, 15) is 18.3 Å². The second-order valence-electron chi connectivity index (χ2n) is 7.70. The topological polar surface area (TPSA) is 127 Å². The summed E-state index contributed by atoms with van der Waals surface area (Å²) in [6.45, 7) is 3.33. The quantitative estimate of drug-likeness (QED) is 0.288. The highest BCUT2D eigenvalue weighted by Crippen LogP contribution is 2.32. The van der Waals surface area contributed by atoms with Gasteiger partial charge in [-0.3, -0.25) is 9.10 Å². The van der Waals surface area contributed by atoms with Crippen LogP contribution in [0.2, 0.25) is 0 Å². The molecule has 10 nitrogen and oxygen atoms in total. The monoisotopic (exact) mass is 527 g/mol. The lowest BCUT2D eigenvalue weighted by atomic mass is 10.1. The van der Waals surface area contributed by atoms with Gasteiger partial charge in [-0.15, -0.1) is 0 Å². The van der Waals surface area contributed by atoms with E-state index in [0.29, 0.717) is 29.4 Å². The van der Waals surface area contributed by atoms with Gasteiger partial charge in [-0.25, -0.2) is 13.8 Å². The van der Waals surface area contributed by atoms with Crippen LogP contribution in [0.15, 0.2) is 76.7 Å². The van der Waals surface area contributed by atoms with Crippen molar-refractivity contribution in [3.8, 4) is 23.0 Å². The van der Waals surface area contributed by atoms with E-state index < -0.39 is 22.5 Å².